The number of hydrogen-bond donors (Lipinski definition) is 1. The molecule has 0 bridgehead atoms. The van der Waals surface area contributed by atoms with Gasteiger partial charge in [-0.15, -0.1) is 0 Å². The van der Waals surface area contributed by atoms with Gasteiger partial charge in [0, 0.05) is 23.6 Å². The number of fused-ring (bicyclic) bond motifs is 1. The summed E-state index contributed by atoms with van der Waals surface area (Å²) >= 11 is 0. The molecule has 2 aromatic rings. The van der Waals surface area contributed by atoms with Crippen molar-refractivity contribution >= 4 is 16.9 Å². The van der Waals surface area contributed by atoms with Crippen LogP contribution in [0.2, 0.25) is 0 Å². The van der Waals surface area contributed by atoms with Gasteiger partial charge in [-0.1, -0.05) is 6.07 Å². The molecule has 1 N–H and O–H groups in total. The predicted octanol–water partition coefficient (Wildman–Crippen LogP) is 2.91. The fourth-order valence-electron chi connectivity index (χ4n) is 2.81. The minimum Gasteiger partial charge on any atom is -0.478 e. The molecule has 0 spiro atoms. The molecule has 0 aliphatic carbocycles. The number of rotatable bonds is 3. The van der Waals surface area contributed by atoms with Crippen molar-refractivity contribution in [2.24, 2.45) is 0 Å². The zero-order chi connectivity index (χ0) is 13.4. The van der Waals surface area contributed by atoms with E-state index in [1.165, 1.54) is 0 Å². The number of hydrogen-bond acceptors (Lipinski definition) is 2. The molecule has 0 radical (unpaired) electrons. The van der Waals surface area contributed by atoms with Crippen LogP contribution in [-0.2, 0) is 11.3 Å². The molecule has 4 heteroatoms. The van der Waals surface area contributed by atoms with Crippen molar-refractivity contribution in [3.05, 3.63) is 36.0 Å². The van der Waals surface area contributed by atoms with E-state index in [9.17, 15) is 9.90 Å². The first-order chi connectivity index (χ1) is 9.15. The zero-order valence-electron chi connectivity index (χ0n) is 10.9. The monoisotopic (exact) mass is 259 g/mol. The Morgan fingerprint density at radius 1 is 1.42 bits per heavy atom. The largest absolute Gasteiger partial charge is 0.478 e. The lowest BCUT2D eigenvalue weighted by molar-refractivity contribution is 0.0465. The number of benzene rings is 1. The molecule has 1 aromatic heterocycles. The van der Waals surface area contributed by atoms with Gasteiger partial charge in [-0.05, 0) is 38.0 Å². The minimum atomic E-state index is -0.880. The first kappa shape index (κ1) is 12.2. The highest BCUT2D eigenvalue weighted by Gasteiger charge is 2.22. The lowest BCUT2D eigenvalue weighted by Gasteiger charge is -2.13. The van der Waals surface area contributed by atoms with Crippen LogP contribution in [0.25, 0.3) is 10.9 Å². The number of carbonyl (C=O) groups is 1. The van der Waals surface area contributed by atoms with Crippen molar-refractivity contribution in [2.75, 3.05) is 0 Å². The lowest BCUT2D eigenvalue weighted by Crippen LogP contribution is -2.15. The third-order valence-corrected chi connectivity index (χ3v) is 3.76. The number of aromatic carboxylic acids is 1. The van der Waals surface area contributed by atoms with Crippen LogP contribution in [0.3, 0.4) is 0 Å². The van der Waals surface area contributed by atoms with Crippen LogP contribution in [-0.4, -0.2) is 27.9 Å². The number of aromatic nitrogens is 1. The highest BCUT2D eigenvalue weighted by molar-refractivity contribution is 6.02. The predicted molar refractivity (Wildman–Crippen MR) is 72.5 cm³/mol. The van der Waals surface area contributed by atoms with Gasteiger partial charge in [0.25, 0.3) is 0 Å². The Bertz CT molecular complexity index is 617. The van der Waals surface area contributed by atoms with Gasteiger partial charge >= 0.3 is 5.97 Å². The van der Waals surface area contributed by atoms with Crippen molar-refractivity contribution in [1.29, 1.82) is 0 Å². The van der Waals surface area contributed by atoms with Gasteiger partial charge in [-0.25, -0.2) is 4.79 Å². The van der Waals surface area contributed by atoms with E-state index in [2.05, 4.69) is 11.5 Å². The number of carboxylic acids is 1. The molecule has 0 saturated carbocycles. The first-order valence-electron chi connectivity index (χ1n) is 6.62. The average molecular weight is 259 g/mol. The molecule has 2 unspecified atom stereocenters. The van der Waals surface area contributed by atoms with Gasteiger partial charge in [0.2, 0.25) is 0 Å². The van der Waals surface area contributed by atoms with Gasteiger partial charge in [0.05, 0.1) is 17.8 Å². The molecular formula is C15H17NO3. The fraction of sp³-hybridized carbons (Fsp3) is 0.400. The molecule has 0 amide bonds. The standard InChI is InChI=1S/C15H17NO3/c1-10-5-6-11(19-10)9-16-8-7-12-13(15(17)18)3-2-4-14(12)16/h2-4,7-8,10-11H,5-6,9H2,1H3,(H,17,18). The van der Waals surface area contributed by atoms with Crippen LogP contribution in [0.4, 0.5) is 0 Å². The highest BCUT2D eigenvalue weighted by Crippen LogP contribution is 2.24. The van der Waals surface area contributed by atoms with E-state index in [1.54, 1.807) is 12.1 Å². The summed E-state index contributed by atoms with van der Waals surface area (Å²) in [5.74, 6) is -0.880. The van der Waals surface area contributed by atoms with Gasteiger partial charge in [-0.3, -0.25) is 0 Å². The molecule has 4 nitrogen and oxygen atoms in total. The van der Waals surface area contributed by atoms with Crippen molar-refractivity contribution in [1.82, 2.24) is 4.57 Å². The van der Waals surface area contributed by atoms with Crippen molar-refractivity contribution in [2.45, 2.75) is 38.5 Å². The molecule has 19 heavy (non-hydrogen) atoms. The zero-order valence-corrected chi connectivity index (χ0v) is 10.9. The summed E-state index contributed by atoms with van der Waals surface area (Å²) in [5.41, 5.74) is 1.32. The molecule has 1 aliphatic rings. The van der Waals surface area contributed by atoms with E-state index in [1.807, 2.05) is 18.3 Å². The molecular weight excluding hydrogens is 242 g/mol. The number of carboxylic acid groups (broad SMARTS) is 1. The van der Waals surface area contributed by atoms with Crippen LogP contribution in [0.15, 0.2) is 30.5 Å². The SMILES string of the molecule is CC1CCC(Cn2ccc3c(C(=O)O)cccc32)O1. The summed E-state index contributed by atoms with van der Waals surface area (Å²) < 4.78 is 7.91. The maximum Gasteiger partial charge on any atom is 0.336 e. The van der Waals surface area contributed by atoms with E-state index in [-0.39, 0.29) is 6.10 Å². The van der Waals surface area contributed by atoms with Gasteiger partial charge < -0.3 is 14.4 Å². The van der Waals surface area contributed by atoms with Gasteiger partial charge in [-0.2, -0.15) is 0 Å². The Balaban J connectivity index is 1.93. The van der Waals surface area contributed by atoms with E-state index in [0.717, 1.165) is 30.3 Å². The summed E-state index contributed by atoms with van der Waals surface area (Å²) in [4.78, 5) is 11.2. The van der Waals surface area contributed by atoms with Crippen LogP contribution >= 0.6 is 0 Å². The summed E-state index contributed by atoms with van der Waals surface area (Å²) in [7, 11) is 0. The second kappa shape index (κ2) is 4.70. The Morgan fingerprint density at radius 2 is 2.26 bits per heavy atom. The molecule has 2 atom stereocenters. The number of ether oxygens (including phenoxy) is 1. The van der Waals surface area contributed by atoms with Crippen LogP contribution < -0.4 is 0 Å². The van der Waals surface area contributed by atoms with Gasteiger partial charge in [0.1, 0.15) is 0 Å². The van der Waals surface area contributed by atoms with Gasteiger partial charge in [0.15, 0.2) is 0 Å². The first-order valence-corrected chi connectivity index (χ1v) is 6.62. The highest BCUT2D eigenvalue weighted by atomic mass is 16.5. The molecule has 1 fully saturated rings. The Kier molecular flexibility index (Phi) is 3.03. The summed E-state index contributed by atoms with van der Waals surface area (Å²) in [6.07, 6.45) is 4.69. The minimum absolute atomic E-state index is 0.235. The third-order valence-electron chi connectivity index (χ3n) is 3.76. The van der Waals surface area contributed by atoms with E-state index < -0.39 is 5.97 Å². The average Bonchev–Trinajstić information content (AvgIpc) is 2.97. The maximum absolute atomic E-state index is 11.2. The van der Waals surface area contributed by atoms with Crippen LogP contribution in [0, 0.1) is 0 Å². The summed E-state index contributed by atoms with van der Waals surface area (Å²) in [5, 5.41) is 9.97. The van der Waals surface area contributed by atoms with E-state index in [4.69, 9.17) is 4.74 Å². The third kappa shape index (κ3) is 2.24. The lowest BCUT2D eigenvalue weighted by atomic mass is 10.1. The topological polar surface area (TPSA) is 51.5 Å². The second-order valence-electron chi connectivity index (χ2n) is 5.16. The van der Waals surface area contributed by atoms with Crippen molar-refractivity contribution in [3.63, 3.8) is 0 Å². The Hall–Kier alpha value is -1.81. The number of nitrogens with zero attached hydrogens (tertiary/aromatic N) is 1. The van der Waals surface area contributed by atoms with Crippen molar-refractivity contribution in [3.8, 4) is 0 Å². The Labute approximate surface area is 111 Å². The molecule has 1 saturated heterocycles. The molecule has 1 aromatic carbocycles. The quantitative estimate of drug-likeness (QED) is 0.922. The normalized spacial score (nSPS) is 23.0. The summed E-state index contributed by atoms with van der Waals surface area (Å²) in [6.45, 7) is 2.88. The molecule has 3 rings (SSSR count). The van der Waals surface area contributed by atoms with Crippen molar-refractivity contribution < 1.29 is 14.6 Å². The van der Waals surface area contributed by atoms with E-state index in [0.29, 0.717) is 11.7 Å². The smallest absolute Gasteiger partial charge is 0.336 e. The van der Waals surface area contributed by atoms with Crippen LogP contribution in [0.1, 0.15) is 30.1 Å². The fourth-order valence-corrected chi connectivity index (χ4v) is 2.81. The molecule has 2 heterocycles. The summed E-state index contributed by atoms with van der Waals surface area (Å²) in [6, 6.07) is 7.26. The van der Waals surface area contributed by atoms with E-state index >= 15 is 0 Å². The maximum atomic E-state index is 11.2. The Morgan fingerprint density at radius 3 is 2.95 bits per heavy atom. The second-order valence-corrected chi connectivity index (χ2v) is 5.16. The molecule has 100 valence electrons. The molecule has 1 aliphatic heterocycles. The van der Waals surface area contributed by atoms with Crippen LogP contribution in [0.5, 0.6) is 0 Å².